The summed E-state index contributed by atoms with van der Waals surface area (Å²) in [6, 6.07) is 0. The van der Waals surface area contributed by atoms with Crippen molar-refractivity contribution < 1.29 is 9.59 Å². The number of carbonyl (C=O) groups excluding carboxylic acids is 2. The summed E-state index contributed by atoms with van der Waals surface area (Å²) in [6.45, 7) is 5.03. The molecule has 1 heterocycles. The molecule has 1 fully saturated rings. The van der Waals surface area contributed by atoms with Crippen molar-refractivity contribution >= 4 is 12.8 Å². The lowest BCUT2D eigenvalue weighted by molar-refractivity contribution is -0.119. The van der Waals surface area contributed by atoms with Gasteiger partial charge in [0.1, 0.15) is 0 Å². The molecule has 0 aromatic heterocycles. The summed E-state index contributed by atoms with van der Waals surface area (Å²) < 4.78 is 0. The van der Waals surface area contributed by atoms with E-state index in [2.05, 4.69) is 21.3 Å². The van der Waals surface area contributed by atoms with Gasteiger partial charge in [-0.15, -0.1) is 0 Å². The first-order valence-electron chi connectivity index (χ1n) is 6.08. The zero-order valence-corrected chi connectivity index (χ0v) is 10.5. The van der Waals surface area contributed by atoms with Crippen molar-refractivity contribution in [1.29, 1.82) is 0 Å². The monoisotopic (exact) mass is 258 g/mol. The van der Waals surface area contributed by atoms with Crippen LogP contribution in [0.25, 0.3) is 0 Å². The molecule has 104 valence electrons. The first-order chi connectivity index (χ1) is 8.86. The Morgan fingerprint density at radius 1 is 0.611 bits per heavy atom. The summed E-state index contributed by atoms with van der Waals surface area (Å²) >= 11 is 0. The molecule has 1 aliphatic heterocycles. The van der Waals surface area contributed by atoms with Gasteiger partial charge in [-0.2, -0.15) is 0 Å². The van der Waals surface area contributed by atoms with E-state index in [-0.39, 0.29) is 0 Å². The largest absolute Gasteiger partial charge is 0.320 e. The van der Waals surface area contributed by atoms with Crippen LogP contribution in [0, 0.1) is 0 Å². The van der Waals surface area contributed by atoms with Crippen LogP contribution >= 0.6 is 0 Å². The van der Waals surface area contributed by atoms with Gasteiger partial charge in [-0.1, -0.05) is 0 Å². The number of hydrogen-bond acceptors (Lipinski definition) is 6. The van der Waals surface area contributed by atoms with Gasteiger partial charge >= 0.3 is 0 Å². The Kier molecular flexibility index (Phi) is 8.06. The number of rotatable bonds is 2. The highest BCUT2D eigenvalue weighted by atomic mass is 16.1. The molecule has 0 spiro atoms. The van der Waals surface area contributed by atoms with E-state index in [9.17, 15) is 9.59 Å². The molecule has 8 nitrogen and oxygen atoms in total. The van der Waals surface area contributed by atoms with E-state index in [4.69, 9.17) is 0 Å². The molecule has 4 N–H and O–H groups in total. The van der Waals surface area contributed by atoms with Crippen LogP contribution in [0.15, 0.2) is 0 Å². The Balaban J connectivity index is 2.30. The third kappa shape index (κ3) is 6.50. The van der Waals surface area contributed by atoms with Crippen LogP contribution in [0.5, 0.6) is 0 Å². The fourth-order valence-corrected chi connectivity index (χ4v) is 1.51. The van der Waals surface area contributed by atoms with Gasteiger partial charge in [0, 0.05) is 26.2 Å². The molecule has 8 heteroatoms. The van der Waals surface area contributed by atoms with Crippen LogP contribution in [0.4, 0.5) is 0 Å². The molecular weight excluding hydrogens is 236 g/mol. The number of hydrogen-bond donors (Lipinski definition) is 4. The molecule has 0 bridgehead atoms. The van der Waals surface area contributed by atoms with Crippen molar-refractivity contribution in [3.63, 3.8) is 0 Å². The predicted octanol–water partition coefficient (Wildman–Crippen LogP) is -2.89. The van der Waals surface area contributed by atoms with Gasteiger partial charge in [0.05, 0.1) is 26.7 Å². The predicted molar refractivity (Wildman–Crippen MR) is 67.3 cm³/mol. The van der Waals surface area contributed by atoms with E-state index < -0.39 is 0 Å². The van der Waals surface area contributed by atoms with Crippen molar-refractivity contribution in [3.05, 3.63) is 0 Å². The highest BCUT2D eigenvalue weighted by Gasteiger charge is 2.02. The fraction of sp³-hybridized carbons (Fsp3) is 0.800. The molecular formula is C10H22N6O2. The van der Waals surface area contributed by atoms with Gasteiger partial charge in [0.15, 0.2) is 0 Å². The smallest absolute Gasteiger partial charge is 0.211 e. The summed E-state index contributed by atoms with van der Waals surface area (Å²) in [5.74, 6) is 0. The van der Waals surface area contributed by atoms with Crippen molar-refractivity contribution in [2.45, 2.75) is 0 Å². The highest BCUT2D eigenvalue weighted by Crippen LogP contribution is 1.79. The number of amides is 2. The van der Waals surface area contributed by atoms with Gasteiger partial charge in [-0.25, -0.2) is 0 Å². The van der Waals surface area contributed by atoms with E-state index in [1.54, 1.807) is 9.80 Å². The van der Waals surface area contributed by atoms with Crippen LogP contribution in [0.1, 0.15) is 0 Å². The molecule has 2 amide bonds. The number of nitrogens with zero attached hydrogens (tertiary/aromatic N) is 2. The molecule has 0 aliphatic carbocycles. The molecule has 0 radical (unpaired) electrons. The van der Waals surface area contributed by atoms with Gasteiger partial charge < -0.3 is 9.80 Å². The Labute approximate surface area is 107 Å². The number of carbonyl (C=O) groups is 2. The minimum atomic E-state index is 0.517. The summed E-state index contributed by atoms with van der Waals surface area (Å²) in [4.78, 5) is 24.8. The molecule has 0 aromatic carbocycles. The maximum Gasteiger partial charge on any atom is 0.211 e. The second kappa shape index (κ2) is 9.77. The van der Waals surface area contributed by atoms with Gasteiger partial charge in [-0.3, -0.25) is 30.9 Å². The Hall–Kier alpha value is -1.22. The third-order valence-corrected chi connectivity index (χ3v) is 2.51. The molecule has 1 rings (SSSR count). The lowest BCUT2D eigenvalue weighted by atomic mass is 10.5. The van der Waals surface area contributed by atoms with Gasteiger partial charge in [0.25, 0.3) is 0 Å². The van der Waals surface area contributed by atoms with Crippen LogP contribution in [-0.2, 0) is 9.59 Å². The number of nitrogens with one attached hydrogen (secondary N) is 4. The SMILES string of the molecule is O=CN1CNCCNCN(C=O)CNCCNC1. The van der Waals surface area contributed by atoms with Crippen molar-refractivity contribution in [2.24, 2.45) is 0 Å². The molecule has 0 saturated carbocycles. The second-order valence-electron chi connectivity index (χ2n) is 4.02. The van der Waals surface area contributed by atoms with Crippen LogP contribution in [-0.4, -0.2) is 75.5 Å². The summed E-state index contributed by atoms with van der Waals surface area (Å²) in [5.41, 5.74) is 0. The zero-order chi connectivity index (χ0) is 13.1. The van der Waals surface area contributed by atoms with Crippen LogP contribution in [0.3, 0.4) is 0 Å². The molecule has 0 unspecified atom stereocenters. The summed E-state index contributed by atoms with van der Waals surface area (Å²) in [5, 5.41) is 12.6. The maximum absolute atomic E-state index is 10.8. The van der Waals surface area contributed by atoms with Crippen LogP contribution < -0.4 is 21.3 Å². The lowest BCUT2D eigenvalue weighted by Crippen LogP contribution is -2.46. The van der Waals surface area contributed by atoms with E-state index in [0.29, 0.717) is 26.7 Å². The zero-order valence-electron chi connectivity index (χ0n) is 10.5. The standard InChI is InChI=1S/C10H22N6O2/c17-9-15-5-11-1-2-12-6-16(10-18)8-14-4-3-13-7-15/h9-14H,1-8H2. The Morgan fingerprint density at radius 3 is 1.11 bits per heavy atom. The Morgan fingerprint density at radius 2 is 0.889 bits per heavy atom. The quantitative estimate of drug-likeness (QED) is 0.398. The second-order valence-corrected chi connectivity index (χ2v) is 4.02. The van der Waals surface area contributed by atoms with E-state index in [1.165, 1.54) is 0 Å². The van der Waals surface area contributed by atoms with E-state index in [1.807, 2.05) is 0 Å². The van der Waals surface area contributed by atoms with Gasteiger partial charge in [0.2, 0.25) is 12.8 Å². The minimum Gasteiger partial charge on any atom is -0.320 e. The van der Waals surface area contributed by atoms with E-state index >= 15 is 0 Å². The third-order valence-electron chi connectivity index (χ3n) is 2.51. The summed E-state index contributed by atoms with van der Waals surface area (Å²) in [7, 11) is 0. The molecule has 0 atom stereocenters. The molecule has 0 aromatic rings. The van der Waals surface area contributed by atoms with Gasteiger partial charge in [-0.05, 0) is 0 Å². The lowest BCUT2D eigenvalue weighted by Gasteiger charge is -2.22. The van der Waals surface area contributed by atoms with Crippen molar-refractivity contribution in [2.75, 3.05) is 52.9 Å². The molecule has 18 heavy (non-hydrogen) atoms. The average Bonchev–Trinajstić information content (AvgIpc) is 2.41. The highest BCUT2D eigenvalue weighted by molar-refractivity contribution is 5.46. The van der Waals surface area contributed by atoms with Crippen molar-refractivity contribution in [3.8, 4) is 0 Å². The topological polar surface area (TPSA) is 88.7 Å². The van der Waals surface area contributed by atoms with Crippen LogP contribution in [0.2, 0.25) is 0 Å². The average molecular weight is 258 g/mol. The normalized spacial score (nSPS) is 21.1. The maximum atomic E-state index is 10.8. The molecule has 1 aliphatic rings. The summed E-state index contributed by atoms with van der Waals surface area (Å²) in [6.07, 6.45) is 1.64. The van der Waals surface area contributed by atoms with Crippen molar-refractivity contribution in [1.82, 2.24) is 31.1 Å². The minimum absolute atomic E-state index is 0.517. The first-order valence-corrected chi connectivity index (χ1v) is 6.08. The molecule has 1 saturated heterocycles. The Bertz CT molecular complexity index is 200. The first kappa shape index (κ1) is 14.8. The fourth-order valence-electron chi connectivity index (χ4n) is 1.51. The van der Waals surface area contributed by atoms with E-state index in [0.717, 1.165) is 39.0 Å².